The van der Waals surface area contributed by atoms with Gasteiger partial charge in [-0.1, -0.05) is 13.3 Å². The molecule has 0 aliphatic heterocycles. The van der Waals surface area contributed by atoms with Crippen molar-refractivity contribution in [1.82, 2.24) is 5.32 Å². The van der Waals surface area contributed by atoms with Gasteiger partial charge in [0.15, 0.2) is 0 Å². The van der Waals surface area contributed by atoms with Gasteiger partial charge in [0.1, 0.15) is 0 Å². The van der Waals surface area contributed by atoms with Gasteiger partial charge >= 0.3 is 0 Å². The number of primary sulfonamides is 1. The lowest BCUT2D eigenvalue weighted by Gasteiger charge is -2.04. The van der Waals surface area contributed by atoms with Crippen molar-refractivity contribution in [3.05, 3.63) is 0 Å². The first-order valence-corrected chi connectivity index (χ1v) is 6.56. The zero-order chi connectivity index (χ0) is 10.9. The van der Waals surface area contributed by atoms with Gasteiger partial charge in [0.25, 0.3) is 0 Å². The van der Waals surface area contributed by atoms with Crippen LogP contribution >= 0.6 is 0 Å². The van der Waals surface area contributed by atoms with E-state index in [4.69, 9.17) is 9.88 Å². The highest BCUT2D eigenvalue weighted by atomic mass is 32.2. The topological polar surface area (TPSA) is 81.4 Å². The molecule has 14 heavy (non-hydrogen) atoms. The van der Waals surface area contributed by atoms with Crippen LogP contribution in [0, 0.1) is 0 Å². The maximum atomic E-state index is 10.5. The molecule has 5 nitrogen and oxygen atoms in total. The van der Waals surface area contributed by atoms with Crippen LogP contribution in [0.15, 0.2) is 0 Å². The minimum Gasteiger partial charge on any atom is -0.380 e. The third-order valence-electron chi connectivity index (χ3n) is 1.63. The maximum Gasteiger partial charge on any atom is 0.210 e. The standard InChI is InChI=1S/C8H20N2O3S/c1-2-3-6-13-7-4-10-5-8-14(9,11)12/h10H,2-8H2,1H3,(H2,9,11,12). The first kappa shape index (κ1) is 13.8. The summed E-state index contributed by atoms with van der Waals surface area (Å²) in [6.07, 6.45) is 2.19. The van der Waals surface area contributed by atoms with E-state index in [1.165, 1.54) is 0 Å². The largest absolute Gasteiger partial charge is 0.380 e. The average Bonchev–Trinajstić information content (AvgIpc) is 2.08. The molecule has 86 valence electrons. The van der Waals surface area contributed by atoms with Crippen LogP contribution in [-0.2, 0) is 14.8 Å². The first-order chi connectivity index (χ1) is 6.56. The first-order valence-electron chi connectivity index (χ1n) is 4.85. The van der Waals surface area contributed by atoms with Crippen molar-refractivity contribution < 1.29 is 13.2 Å². The number of sulfonamides is 1. The zero-order valence-electron chi connectivity index (χ0n) is 8.66. The summed E-state index contributed by atoms with van der Waals surface area (Å²) in [7, 11) is -3.33. The predicted molar refractivity (Wildman–Crippen MR) is 56.6 cm³/mol. The lowest BCUT2D eigenvalue weighted by Crippen LogP contribution is -2.29. The Morgan fingerprint density at radius 1 is 1.29 bits per heavy atom. The van der Waals surface area contributed by atoms with Crippen LogP contribution < -0.4 is 10.5 Å². The number of hydrogen-bond acceptors (Lipinski definition) is 4. The van der Waals surface area contributed by atoms with Gasteiger partial charge in [-0.25, -0.2) is 13.6 Å². The molecular weight excluding hydrogens is 204 g/mol. The molecule has 0 heterocycles. The number of unbranched alkanes of at least 4 members (excludes halogenated alkanes) is 1. The molecule has 0 amide bonds. The molecule has 0 atom stereocenters. The molecular formula is C8H20N2O3S. The molecule has 0 radical (unpaired) electrons. The van der Waals surface area contributed by atoms with Crippen LogP contribution in [0.4, 0.5) is 0 Å². The summed E-state index contributed by atoms with van der Waals surface area (Å²) in [6, 6.07) is 0. The van der Waals surface area contributed by atoms with Gasteiger partial charge in [0.05, 0.1) is 12.4 Å². The summed E-state index contributed by atoms with van der Waals surface area (Å²) < 4.78 is 26.3. The normalized spacial score (nSPS) is 11.9. The molecule has 3 N–H and O–H groups in total. The van der Waals surface area contributed by atoms with E-state index in [0.717, 1.165) is 19.4 Å². The van der Waals surface area contributed by atoms with E-state index in [1.807, 2.05) is 0 Å². The van der Waals surface area contributed by atoms with Crippen LogP contribution in [0.25, 0.3) is 0 Å². The predicted octanol–water partition coefficient (Wildman–Crippen LogP) is -0.319. The molecule has 0 aromatic carbocycles. The number of nitrogens with two attached hydrogens (primary N) is 1. The van der Waals surface area contributed by atoms with E-state index in [1.54, 1.807) is 0 Å². The van der Waals surface area contributed by atoms with Crippen molar-refractivity contribution in [3.8, 4) is 0 Å². The number of rotatable bonds is 9. The molecule has 0 saturated heterocycles. The van der Waals surface area contributed by atoms with E-state index in [9.17, 15) is 8.42 Å². The minimum absolute atomic E-state index is 0.0258. The second-order valence-electron chi connectivity index (χ2n) is 3.08. The van der Waals surface area contributed by atoms with Crippen molar-refractivity contribution in [2.24, 2.45) is 5.14 Å². The summed E-state index contributed by atoms with van der Waals surface area (Å²) >= 11 is 0. The SMILES string of the molecule is CCCCOCCNCCS(N)(=O)=O. The van der Waals surface area contributed by atoms with Crippen molar-refractivity contribution in [2.45, 2.75) is 19.8 Å². The van der Waals surface area contributed by atoms with Crippen LogP contribution in [-0.4, -0.2) is 40.5 Å². The molecule has 0 aromatic heterocycles. The summed E-state index contributed by atoms with van der Waals surface area (Å²) in [4.78, 5) is 0. The summed E-state index contributed by atoms with van der Waals surface area (Å²) in [5.74, 6) is -0.0258. The summed E-state index contributed by atoms with van der Waals surface area (Å²) in [5.41, 5.74) is 0. The molecule has 0 spiro atoms. The lowest BCUT2D eigenvalue weighted by molar-refractivity contribution is 0.133. The van der Waals surface area contributed by atoms with Crippen LogP contribution in [0.2, 0.25) is 0 Å². The van der Waals surface area contributed by atoms with Gasteiger partial charge < -0.3 is 10.1 Å². The molecule has 0 aromatic rings. The molecule has 0 fully saturated rings. The molecule has 0 rings (SSSR count). The van der Waals surface area contributed by atoms with E-state index in [2.05, 4.69) is 12.2 Å². The highest BCUT2D eigenvalue weighted by molar-refractivity contribution is 7.89. The van der Waals surface area contributed by atoms with E-state index < -0.39 is 10.0 Å². The third kappa shape index (κ3) is 11.8. The van der Waals surface area contributed by atoms with Crippen molar-refractivity contribution in [1.29, 1.82) is 0 Å². The average molecular weight is 224 g/mol. The smallest absolute Gasteiger partial charge is 0.210 e. The van der Waals surface area contributed by atoms with Crippen LogP contribution in [0.5, 0.6) is 0 Å². The molecule has 0 aliphatic rings. The fourth-order valence-corrected chi connectivity index (χ4v) is 1.26. The summed E-state index contributed by atoms with van der Waals surface area (Å²) in [6.45, 7) is 4.54. The Balaban J connectivity index is 3.07. The van der Waals surface area contributed by atoms with Gasteiger partial charge in [0, 0.05) is 19.7 Å². The lowest BCUT2D eigenvalue weighted by atomic mass is 10.4. The second-order valence-corrected chi connectivity index (χ2v) is 4.82. The highest BCUT2D eigenvalue weighted by Gasteiger charge is 2.00. The van der Waals surface area contributed by atoms with E-state index >= 15 is 0 Å². The molecule has 0 bridgehead atoms. The number of ether oxygens (including phenoxy) is 1. The Hall–Kier alpha value is -0.170. The Morgan fingerprint density at radius 2 is 2.00 bits per heavy atom. The maximum absolute atomic E-state index is 10.5. The van der Waals surface area contributed by atoms with Gasteiger partial charge in [-0.3, -0.25) is 0 Å². The zero-order valence-corrected chi connectivity index (χ0v) is 9.48. The Bertz CT molecular complexity index is 217. The van der Waals surface area contributed by atoms with E-state index in [-0.39, 0.29) is 5.75 Å². The Labute approximate surface area is 86.1 Å². The van der Waals surface area contributed by atoms with Gasteiger partial charge in [0.2, 0.25) is 10.0 Å². The fraction of sp³-hybridized carbons (Fsp3) is 1.00. The van der Waals surface area contributed by atoms with Crippen LogP contribution in [0.1, 0.15) is 19.8 Å². The molecule has 0 saturated carbocycles. The quantitative estimate of drug-likeness (QED) is 0.526. The van der Waals surface area contributed by atoms with Crippen LogP contribution in [0.3, 0.4) is 0 Å². The van der Waals surface area contributed by atoms with E-state index in [0.29, 0.717) is 19.7 Å². The van der Waals surface area contributed by atoms with Gasteiger partial charge in [-0.15, -0.1) is 0 Å². The monoisotopic (exact) mass is 224 g/mol. The third-order valence-corrected chi connectivity index (χ3v) is 2.40. The minimum atomic E-state index is -3.33. The Morgan fingerprint density at radius 3 is 2.57 bits per heavy atom. The van der Waals surface area contributed by atoms with Crippen molar-refractivity contribution in [2.75, 3.05) is 32.1 Å². The van der Waals surface area contributed by atoms with Crippen molar-refractivity contribution >= 4 is 10.0 Å². The van der Waals surface area contributed by atoms with Crippen molar-refractivity contribution in [3.63, 3.8) is 0 Å². The van der Waals surface area contributed by atoms with Gasteiger partial charge in [-0.05, 0) is 6.42 Å². The Kier molecular flexibility index (Phi) is 8.07. The highest BCUT2D eigenvalue weighted by Crippen LogP contribution is 1.86. The molecule has 0 unspecified atom stereocenters. The van der Waals surface area contributed by atoms with Gasteiger partial charge in [-0.2, -0.15) is 0 Å². The fourth-order valence-electron chi connectivity index (χ4n) is 0.832. The molecule has 6 heteroatoms. The molecule has 0 aliphatic carbocycles. The second kappa shape index (κ2) is 8.16. The number of hydrogen-bond donors (Lipinski definition) is 2. The summed E-state index contributed by atoms with van der Waals surface area (Å²) in [5, 5.41) is 7.75. The number of nitrogens with one attached hydrogen (secondary N) is 1.